The first-order valence-electron chi connectivity index (χ1n) is 19.5. The maximum absolute atomic E-state index is 5.43. The molecule has 0 unspecified atom stereocenters. The molecular formula is C52H33N7. The van der Waals surface area contributed by atoms with Gasteiger partial charge in [0.25, 0.3) is 0 Å². The summed E-state index contributed by atoms with van der Waals surface area (Å²) in [5.74, 6) is 0. The lowest BCUT2D eigenvalue weighted by atomic mass is 9.90. The van der Waals surface area contributed by atoms with Crippen LogP contribution in [0.2, 0.25) is 0 Å². The summed E-state index contributed by atoms with van der Waals surface area (Å²) in [5, 5.41) is 13.5. The average Bonchev–Trinajstić information content (AvgIpc) is 3.78. The van der Waals surface area contributed by atoms with E-state index in [1.165, 1.54) is 0 Å². The molecule has 0 atom stereocenters. The van der Waals surface area contributed by atoms with Crippen LogP contribution in [0.4, 0.5) is 0 Å². The van der Waals surface area contributed by atoms with E-state index < -0.39 is 0 Å². The van der Waals surface area contributed by atoms with Gasteiger partial charge in [-0.2, -0.15) is 4.80 Å². The molecule has 0 saturated carbocycles. The minimum Gasteiger partial charge on any atom is -0.255 e. The Bertz CT molecular complexity index is 3220. The highest BCUT2D eigenvalue weighted by Crippen LogP contribution is 2.44. The predicted molar refractivity (Wildman–Crippen MR) is 238 cm³/mol. The molecule has 0 saturated heterocycles. The van der Waals surface area contributed by atoms with Gasteiger partial charge in [-0.1, -0.05) is 127 Å². The molecule has 0 amide bonds. The van der Waals surface area contributed by atoms with Gasteiger partial charge in [-0.05, 0) is 88.5 Å². The molecule has 5 heterocycles. The molecule has 11 rings (SSSR count). The van der Waals surface area contributed by atoms with Gasteiger partial charge in [0.2, 0.25) is 0 Å². The number of fused-ring (bicyclic) bond motifs is 5. The Labute approximate surface area is 340 Å². The molecule has 5 aromatic heterocycles. The molecule has 0 bridgehead atoms. The Morgan fingerprint density at radius 2 is 0.932 bits per heavy atom. The van der Waals surface area contributed by atoms with Crippen LogP contribution < -0.4 is 0 Å². The van der Waals surface area contributed by atoms with Crippen molar-refractivity contribution < 1.29 is 0 Å². The number of aromatic nitrogens is 7. The minimum atomic E-state index is 0.788. The van der Waals surface area contributed by atoms with Gasteiger partial charge in [-0.15, -0.1) is 10.2 Å². The summed E-state index contributed by atoms with van der Waals surface area (Å²) in [4.78, 5) is 21.4. The lowest BCUT2D eigenvalue weighted by molar-refractivity contribution is 0.766. The fourth-order valence-corrected chi connectivity index (χ4v) is 7.99. The SMILES string of the molecule is c1ccc(-c2nc3cccc(-c4ccc(-c5cc(-c6ccccn6)nc(-c6ccccn6)c5)cc4)c3c3c2cc(-c2ccccc2)c2nn(-c4ccccc4)nc23)cc1. The highest BCUT2D eigenvalue weighted by molar-refractivity contribution is 6.26. The van der Waals surface area contributed by atoms with E-state index in [4.69, 9.17) is 20.2 Å². The quantitative estimate of drug-likeness (QED) is 0.151. The highest BCUT2D eigenvalue weighted by atomic mass is 15.5. The van der Waals surface area contributed by atoms with Gasteiger partial charge in [0, 0.05) is 39.7 Å². The zero-order chi connectivity index (χ0) is 39.1. The van der Waals surface area contributed by atoms with Gasteiger partial charge in [-0.3, -0.25) is 9.97 Å². The monoisotopic (exact) mass is 755 g/mol. The number of para-hydroxylation sites is 1. The molecule has 276 valence electrons. The van der Waals surface area contributed by atoms with E-state index in [-0.39, 0.29) is 0 Å². The van der Waals surface area contributed by atoms with Crippen LogP contribution in [0.15, 0.2) is 200 Å². The van der Waals surface area contributed by atoms with Crippen LogP contribution in [0.25, 0.3) is 106 Å². The Hall–Kier alpha value is -8.16. The molecule has 6 aromatic carbocycles. The molecule has 0 N–H and O–H groups in total. The van der Waals surface area contributed by atoms with E-state index in [2.05, 4.69) is 119 Å². The first-order chi connectivity index (χ1) is 29.2. The number of hydrogen-bond acceptors (Lipinski definition) is 6. The Morgan fingerprint density at radius 3 is 1.58 bits per heavy atom. The number of pyridine rings is 4. The van der Waals surface area contributed by atoms with Crippen LogP contribution in [0.1, 0.15) is 0 Å². The summed E-state index contributed by atoms with van der Waals surface area (Å²) in [6, 6.07) is 64.3. The van der Waals surface area contributed by atoms with Crippen LogP contribution >= 0.6 is 0 Å². The molecular weight excluding hydrogens is 723 g/mol. The largest absolute Gasteiger partial charge is 0.255 e. The van der Waals surface area contributed by atoms with E-state index in [1.807, 2.05) is 78.9 Å². The van der Waals surface area contributed by atoms with Gasteiger partial charge in [-0.25, -0.2) is 9.97 Å². The number of rotatable bonds is 7. The fraction of sp³-hybridized carbons (Fsp3) is 0. The van der Waals surface area contributed by atoms with E-state index in [0.717, 1.165) is 106 Å². The van der Waals surface area contributed by atoms with E-state index in [1.54, 1.807) is 17.2 Å². The number of benzene rings is 6. The lowest BCUT2D eigenvalue weighted by Gasteiger charge is -2.16. The van der Waals surface area contributed by atoms with Crippen LogP contribution in [-0.4, -0.2) is 34.9 Å². The normalized spacial score (nSPS) is 11.4. The van der Waals surface area contributed by atoms with Gasteiger partial charge in [0.15, 0.2) is 0 Å². The summed E-state index contributed by atoms with van der Waals surface area (Å²) in [6.45, 7) is 0. The molecule has 0 radical (unpaired) electrons. The van der Waals surface area contributed by atoms with Gasteiger partial charge >= 0.3 is 0 Å². The van der Waals surface area contributed by atoms with E-state index in [0.29, 0.717) is 0 Å². The zero-order valence-corrected chi connectivity index (χ0v) is 31.7. The van der Waals surface area contributed by atoms with Crippen molar-refractivity contribution in [3.8, 4) is 73.1 Å². The van der Waals surface area contributed by atoms with Crippen molar-refractivity contribution in [1.82, 2.24) is 34.9 Å². The second kappa shape index (κ2) is 14.4. The maximum Gasteiger partial charge on any atom is 0.122 e. The lowest BCUT2D eigenvalue weighted by Crippen LogP contribution is -1.97. The average molecular weight is 756 g/mol. The first-order valence-corrected chi connectivity index (χ1v) is 19.5. The molecule has 59 heavy (non-hydrogen) atoms. The van der Waals surface area contributed by atoms with Crippen molar-refractivity contribution in [3.05, 3.63) is 200 Å². The van der Waals surface area contributed by atoms with Crippen molar-refractivity contribution in [3.63, 3.8) is 0 Å². The fourth-order valence-electron chi connectivity index (χ4n) is 7.99. The van der Waals surface area contributed by atoms with E-state index >= 15 is 0 Å². The summed E-state index contributed by atoms with van der Waals surface area (Å²) in [6.07, 6.45) is 3.59. The summed E-state index contributed by atoms with van der Waals surface area (Å²) < 4.78 is 0. The van der Waals surface area contributed by atoms with Crippen LogP contribution in [0.5, 0.6) is 0 Å². The first kappa shape index (κ1) is 34.1. The van der Waals surface area contributed by atoms with Crippen LogP contribution in [-0.2, 0) is 0 Å². The van der Waals surface area contributed by atoms with E-state index in [9.17, 15) is 0 Å². The predicted octanol–water partition coefficient (Wildman–Crippen LogP) is 12.3. The summed E-state index contributed by atoms with van der Waals surface area (Å²) in [7, 11) is 0. The molecule has 7 nitrogen and oxygen atoms in total. The highest BCUT2D eigenvalue weighted by Gasteiger charge is 2.22. The van der Waals surface area contributed by atoms with Crippen LogP contribution in [0.3, 0.4) is 0 Å². The number of nitrogens with zero attached hydrogens (tertiary/aromatic N) is 7. The second-order valence-corrected chi connectivity index (χ2v) is 14.4. The smallest absolute Gasteiger partial charge is 0.122 e. The third-order valence-electron chi connectivity index (χ3n) is 10.8. The van der Waals surface area contributed by atoms with Crippen molar-refractivity contribution in [2.75, 3.05) is 0 Å². The standard InChI is InChI=1S/C52H33N7/c1-4-15-35(16-5-1)41-33-42-49(52-51(41)57-59(58-52)39-19-8-3-9-20-39)48-40(21-14-24-45(48)56-50(42)37-17-6-2-7-18-37)36-27-25-34(26-28-36)38-31-46(43-22-10-12-29-53-43)55-47(32-38)44-23-11-13-30-54-44/h1-33H. The van der Waals surface area contributed by atoms with Crippen molar-refractivity contribution in [2.24, 2.45) is 0 Å². The summed E-state index contributed by atoms with van der Waals surface area (Å²) in [5.41, 5.74) is 14.8. The minimum absolute atomic E-state index is 0.788. The molecule has 7 heteroatoms. The molecule has 0 aliphatic heterocycles. The molecule has 0 fully saturated rings. The molecule has 0 aliphatic rings. The van der Waals surface area contributed by atoms with Gasteiger partial charge in [0.05, 0.1) is 39.7 Å². The van der Waals surface area contributed by atoms with Crippen molar-refractivity contribution >= 4 is 32.7 Å². The topological polar surface area (TPSA) is 82.3 Å². The Morgan fingerprint density at radius 1 is 0.356 bits per heavy atom. The Balaban J connectivity index is 1.15. The van der Waals surface area contributed by atoms with Gasteiger partial charge in [0.1, 0.15) is 11.0 Å². The molecule has 0 spiro atoms. The van der Waals surface area contributed by atoms with Crippen molar-refractivity contribution in [2.45, 2.75) is 0 Å². The third kappa shape index (κ3) is 6.18. The zero-order valence-electron chi connectivity index (χ0n) is 31.7. The summed E-state index contributed by atoms with van der Waals surface area (Å²) >= 11 is 0. The molecule has 11 aromatic rings. The van der Waals surface area contributed by atoms with Crippen LogP contribution in [0, 0.1) is 0 Å². The molecule has 0 aliphatic carbocycles. The maximum atomic E-state index is 5.43. The Kier molecular flexibility index (Phi) is 8.33. The second-order valence-electron chi connectivity index (χ2n) is 14.4. The third-order valence-corrected chi connectivity index (χ3v) is 10.8. The number of hydrogen-bond donors (Lipinski definition) is 0. The van der Waals surface area contributed by atoms with Gasteiger partial charge < -0.3 is 0 Å². The van der Waals surface area contributed by atoms with Crippen molar-refractivity contribution in [1.29, 1.82) is 0 Å².